The molecule has 19 heavy (non-hydrogen) atoms. The fraction of sp³-hybridized carbons (Fsp3) is 0.571. The van der Waals surface area contributed by atoms with Crippen molar-refractivity contribution in [2.24, 2.45) is 5.92 Å². The average molecular weight is 336 g/mol. The Labute approximate surface area is 119 Å². The van der Waals surface area contributed by atoms with Crippen molar-refractivity contribution < 1.29 is 13.2 Å². The number of halogens is 4. The summed E-state index contributed by atoms with van der Waals surface area (Å²) in [7, 11) is 0. The van der Waals surface area contributed by atoms with Crippen LogP contribution >= 0.6 is 15.9 Å². The summed E-state index contributed by atoms with van der Waals surface area (Å²) in [5.41, 5.74) is 1.82. The highest BCUT2D eigenvalue weighted by molar-refractivity contribution is 9.10. The van der Waals surface area contributed by atoms with Gasteiger partial charge in [0, 0.05) is 16.2 Å². The second-order valence-corrected chi connectivity index (χ2v) is 6.00. The Kier molecular flexibility index (Phi) is 4.43. The van der Waals surface area contributed by atoms with Gasteiger partial charge >= 0.3 is 6.18 Å². The van der Waals surface area contributed by atoms with E-state index in [-0.39, 0.29) is 6.42 Å². The topological polar surface area (TPSA) is 12.0 Å². The van der Waals surface area contributed by atoms with Gasteiger partial charge in [0.25, 0.3) is 0 Å². The molecule has 0 saturated heterocycles. The van der Waals surface area contributed by atoms with Gasteiger partial charge in [-0.3, -0.25) is 0 Å². The number of nitrogens with one attached hydrogen (secondary N) is 1. The number of anilines is 1. The molecule has 1 N–H and O–H groups in total. The van der Waals surface area contributed by atoms with E-state index in [1.54, 1.807) is 0 Å². The highest BCUT2D eigenvalue weighted by atomic mass is 79.9. The SMILES string of the molecule is Cc1ccc(NC2CCCCC2C(F)(F)F)cc1Br. The third kappa shape index (κ3) is 3.65. The Balaban J connectivity index is 2.13. The van der Waals surface area contributed by atoms with Gasteiger partial charge in [0.15, 0.2) is 0 Å². The number of benzene rings is 1. The first-order chi connectivity index (χ1) is 8.88. The summed E-state index contributed by atoms with van der Waals surface area (Å²) >= 11 is 3.40. The summed E-state index contributed by atoms with van der Waals surface area (Å²) in [5.74, 6) is -1.23. The van der Waals surface area contributed by atoms with Crippen molar-refractivity contribution in [2.45, 2.75) is 44.8 Å². The molecular formula is C14H17BrF3N. The van der Waals surface area contributed by atoms with Gasteiger partial charge in [-0.15, -0.1) is 0 Å². The van der Waals surface area contributed by atoms with E-state index in [1.807, 2.05) is 25.1 Å². The number of aryl methyl sites for hydroxylation is 1. The Morgan fingerprint density at radius 1 is 1.21 bits per heavy atom. The van der Waals surface area contributed by atoms with Gasteiger partial charge in [0.2, 0.25) is 0 Å². The van der Waals surface area contributed by atoms with Gasteiger partial charge in [-0.05, 0) is 37.5 Å². The molecule has 1 saturated carbocycles. The summed E-state index contributed by atoms with van der Waals surface area (Å²) in [6.45, 7) is 1.95. The molecule has 0 bridgehead atoms. The van der Waals surface area contributed by atoms with Crippen LogP contribution in [0.5, 0.6) is 0 Å². The summed E-state index contributed by atoms with van der Waals surface area (Å²) in [4.78, 5) is 0. The van der Waals surface area contributed by atoms with Gasteiger partial charge in [-0.25, -0.2) is 0 Å². The summed E-state index contributed by atoms with van der Waals surface area (Å²) in [5, 5.41) is 3.06. The van der Waals surface area contributed by atoms with Gasteiger partial charge in [-0.1, -0.05) is 34.8 Å². The molecule has 0 aliphatic heterocycles. The molecular weight excluding hydrogens is 319 g/mol. The van der Waals surface area contributed by atoms with Gasteiger partial charge in [0.1, 0.15) is 0 Å². The van der Waals surface area contributed by atoms with Crippen LogP contribution in [0.3, 0.4) is 0 Å². The molecule has 106 valence electrons. The Bertz CT molecular complexity index is 445. The average Bonchev–Trinajstić information content (AvgIpc) is 2.33. The lowest BCUT2D eigenvalue weighted by atomic mass is 9.84. The number of rotatable bonds is 2. The molecule has 1 fully saturated rings. The zero-order chi connectivity index (χ0) is 14.0. The van der Waals surface area contributed by atoms with Crippen LogP contribution in [0.25, 0.3) is 0 Å². The molecule has 1 aromatic carbocycles. The van der Waals surface area contributed by atoms with E-state index in [4.69, 9.17) is 0 Å². The lowest BCUT2D eigenvalue weighted by Gasteiger charge is -2.34. The largest absolute Gasteiger partial charge is 0.393 e. The first kappa shape index (κ1) is 14.7. The molecule has 0 heterocycles. The maximum Gasteiger partial charge on any atom is 0.393 e. The first-order valence-electron chi connectivity index (χ1n) is 6.47. The number of hydrogen-bond donors (Lipinski definition) is 1. The highest BCUT2D eigenvalue weighted by Crippen LogP contribution is 2.39. The molecule has 1 aromatic rings. The Morgan fingerprint density at radius 3 is 2.53 bits per heavy atom. The molecule has 0 aromatic heterocycles. The zero-order valence-electron chi connectivity index (χ0n) is 10.7. The summed E-state index contributed by atoms with van der Waals surface area (Å²) in [6.07, 6.45) is -1.78. The number of alkyl halides is 3. The van der Waals surface area contributed by atoms with Gasteiger partial charge in [-0.2, -0.15) is 13.2 Å². The van der Waals surface area contributed by atoms with E-state index in [2.05, 4.69) is 21.2 Å². The van der Waals surface area contributed by atoms with E-state index in [1.165, 1.54) is 0 Å². The minimum absolute atomic E-state index is 0.230. The summed E-state index contributed by atoms with van der Waals surface area (Å²) in [6, 6.07) is 5.07. The molecule has 1 aliphatic rings. The fourth-order valence-corrected chi connectivity index (χ4v) is 2.97. The third-order valence-corrected chi connectivity index (χ3v) is 4.56. The second kappa shape index (κ2) is 5.73. The van der Waals surface area contributed by atoms with E-state index >= 15 is 0 Å². The molecule has 2 unspecified atom stereocenters. The maximum atomic E-state index is 13.0. The molecule has 5 heteroatoms. The van der Waals surface area contributed by atoms with Crippen LogP contribution in [0.1, 0.15) is 31.2 Å². The molecule has 0 radical (unpaired) electrons. The van der Waals surface area contributed by atoms with Crippen molar-refractivity contribution in [3.05, 3.63) is 28.2 Å². The van der Waals surface area contributed by atoms with E-state index in [0.717, 1.165) is 22.1 Å². The zero-order valence-corrected chi connectivity index (χ0v) is 12.3. The summed E-state index contributed by atoms with van der Waals surface area (Å²) < 4.78 is 39.9. The van der Waals surface area contributed by atoms with Crippen LogP contribution in [-0.2, 0) is 0 Å². The van der Waals surface area contributed by atoms with E-state index in [0.29, 0.717) is 12.8 Å². The predicted molar refractivity (Wildman–Crippen MR) is 74.3 cm³/mol. The van der Waals surface area contributed by atoms with Crippen molar-refractivity contribution >= 4 is 21.6 Å². The fourth-order valence-electron chi connectivity index (χ4n) is 2.59. The molecule has 1 nitrogen and oxygen atoms in total. The predicted octanol–water partition coefficient (Wildman–Crippen LogP) is 5.29. The van der Waals surface area contributed by atoms with Crippen molar-refractivity contribution in [3.63, 3.8) is 0 Å². The van der Waals surface area contributed by atoms with Crippen molar-refractivity contribution in [2.75, 3.05) is 5.32 Å². The first-order valence-corrected chi connectivity index (χ1v) is 7.26. The quantitative estimate of drug-likeness (QED) is 0.774. The molecule has 0 amide bonds. The minimum Gasteiger partial charge on any atom is -0.382 e. The highest BCUT2D eigenvalue weighted by Gasteiger charge is 2.45. The van der Waals surface area contributed by atoms with Crippen molar-refractivity contribution in [1.29, 1.82) is 0 Å². The molecule has 2 atom stereocenters. The smallest absolute Gasteiger partial charge is 0.382 e. The standard InChI is InChI=1S/C14H17BrF3N/c1-9-6-7-10(8-12(9)15)19-13-5-3-2-4-11(13)14(16,17)18/h6-8,11,13,19H,2-5H2,1H3. The van der Waals surface area contributed by atoms with E-state index in [9.17, 15) is 13.2 Å². The van der Waals surface area contributed by atoms with Crippen molar-refractivity contribution in [1.82, 2.24) is 0 Å². The molecule has 1 aliphatic carbocycles. The lowest BCUT2D eigenvalue weighted by molar-refractivity contribution is -0.184. The van der Waals surface area contributed by atoms with Crippen LogP contribution in [0.4, 0.5) is 18.9 Å². The maximum absolute atomic E-state index is 13.0. The van der Waals surface area contributed by atoms with Crippen molar-refractivity contribution in [3.8, 4) is 0 Å². The monoisotopic (exact) mass is 335 g/mol. The Hall–Kier alpha value is -0.710. The molecule has 2 rings (SSSR count). The third-order valence-electron chi connectivity index (χ3n) is 3.71. The van der Waals surface area contributed by atoms with Gasteiger partial charge < -0.3 is 5.32 Å². The second-order valence-electron chi connectivity index (χ2n) is 5.15. The van der Waals surface area contributed by atoms with Crippen LogP contribution in [-0.4, -0.2) is 12.2 Å². The normalized spacial score (nSPS) is 24.3. The van der Waals surface area contributed by atoms with Crippen LogP contribution in [0, 0.1) is 12.8 Å². The van der Waals surface area contributed by atoms with Crippen LogP contribution in [0.15, 0.2) is 22.7 Å². The van der Waals surface area contributed by atoms with Crippen LogP contribution < -0.4 is 5.32 Å². The van der Waals surface area contributed by atoms with E-state index < -0.39 is 18.1 Å². The van der Waals surface area contributed by atoms with Gasteiger partial charge in [0.05, 0.1) is 5.92 Å². The Morgan fingerprint density at radius 2 is 1.89 bits per heavy atom. The minimum atomic E-state index is -4.11. The van der Waals surface area contributed by atoms with Crippen LogP contribution in [0.2, 0.25) is 0 Å². The molecule has 0 spiro atoms. The lowest BCUT2D eigenvalue weighted by Crippen LogP contribution is -2.41. The number of hydrogen-bond acceptors (Lipinski definition) is 1.